The Morgan fingerprint density at radius 1 is 1.64 bits per heavy atom. The second kappa shape index (κ2) is 3.63. The Bertz CT molecular complexity index is 393. The van der Waals surface area contributed by atoms with Gasteiger partial charge in [0.15, 0.2) is 0 Å². The Morgan fingerprint density at radius 2 is 2.50 bits per heavy atom. The zero-order valence-electron chi connectivity index (χ0n) is 7.88. The summed E-state index contributed by atoms with van der Waals surface area (Å²) in [5, 5.41) is 15.5. The van der Waals surface area contributed by atoms with Gasteiger partial charge in [0.05, 0.1) is 30.9 Å². The van der Waals surface area contributed by atoms with Gasteiger partial charge in [0.1, 0.15) is 0 Å². The number of aliphatic hydroxyl groups is 1. The SMILES string of the molecule is CC(c1cn[nH]c1)n1cnc(CO)c1. The van der Waals surface area contributed by atoms with Crippen LogP contribution >= 0.6 is 0 Å². The molecule has 0 amide bonds. The molecule has 0 fully saturated rings. The first-order valence-electron chi connectivity index (χ1n) is 4.43. The fourth-order valence-corrected chi connectivity index (χ4v) is 1.33. The van der Waals surface area contributed by atoms with E-state index in [1.54, 1.807) is 12.5 Å². The van der Waals surface area contributed by atoms with Crippen molar-refractivity contribution in [3.63, 3.8) is 0 Å². The number of nitrogens with one attached hydrogen (secondary N) is 1. The predicted molar refractivity (Wildman–Crippen MR) is 50.6 cm³/mol. The van der Waals surface area contributed by atoms with Crippen LogP contribution in [0.4, 0.5) is 0 Å². The fraction of sp³-hybridized carbons (Fsp3) is 0.333. The van der Waals surface area contributed by atoms with E-state index in [9.17, 15) is 0 Å². The van der Waals surface area contributed by atoms with Crippen molar-refractivity contribution in [2.24, 2.45) is 0 Å². The Balaban J connectivity index is 2.23. The quantitative estimate of drug-likeness (QED) is 0.752. The number of hydrogen-bond acceptors (Lipinski definition) is 3. The topological polar surface area (TPSA) is 66.7 Å². The molecule has 2 heterocycles. The standard InChI is InChI=1S/C9H12N4O/c1-7(8-2-11-12-3-8)13-4-9(5-14)10-6-13/h2-4,6-7,14H,5H2,1H3,(H,11,12). The predicted octanol–water partition coefficient (Wildman–Crippen LogP) is 0.708. The van der Waals surface area contributed by atoms with Crippen LogP contribution in [0.1, 0.15) is 24.2 Å². The van der Waals surface area contributed by atoms with Crippen molar-refractivity contribution in [1.82, 2.24) is 19.7 Å². The maximum atomic E-state index is 8.87. The van der Waals surface area contributed by atoms with E-state index in [1.807, 2.05) is 23.9 Å². The summed E-state index contributed by atoms with van der Waals surface area (Å²) in [5.41, 5.74) is 1.77. The van der Waals surface area contributed by atoms with Crippen molar-refractivity contribution in [3.8, 4) is 0 Å². The average Bonchev–Trinajstić information content (AvgIpc) is 2.88. The molecular weight excluding hydrogens is 180 g/mol. The summed E-state index contributed by atoms with van der Waals surface area (Å²) in [6.45, 7) is 2.03. The molecule has 2 rings (SSSR count). The summed E-state index contributed by atoms with van der Waals surface area (Å²) in [5.74, 6) is 0. The van der Waals surface area contributed by atoms with Crippen LogP contribution in [0.5, 0.6) is 0 Å². The zero-order valence-corrected chi connectivity index (χ0v) is 7.88. The molecular formula is C9H12N4O. The molecule has 74 valence electrons. The van der Waals surface area contributed by atoms with Crippen LogP contribution in [0.3, 0.4) is 0 Å². The maximum Gasteiger partial charge on any atom is 0.0956 e. The van der Waals surface area contributed by atoms with E-state index in [4.69, 9.17) is 5.11 Å². The molecule has 0 aliphatic carbocycles. The lowest BCUT2D eigenvalue weighted by Crippen LogP contribution is -2.02. The van der Waals surface area contributed by atoms with Crippen molar-refractivity contribution in [1.29, 1.82) is 0 Å². The van der Waals surface area contributed by atoms with Gasteiger partial charge in [0, 0.05) is 18.0 Å². The van der Waals surface area contributed by atoms with Crippen LogP contribution < -0.4 is 0 Å². The minimum atomic E-state index is -0.0227. The molecule has 0 aromatic carbocycles. The van der Waals surface area contributed by atoms with Gasteiger partial charge in [-0.2, -0.15) is 5.10 Å². The smallest absolute Gasteiger partial charge is 0.0956 e. The van der Waals surface area contributed by atoms with Gasteiger partial charge < -0.3 is 9.67 Å². The van der Waals surface area contributed by atoms with Crippen LogP contribution in [0.15, 0.2) is 24.9 Å². The van der Waals surface area contributed by atoms with Crippen molar-refractivity contribution >= 4 is 0 Å². The summed E-state index contributed by atoms with van der Waals surface area (Å²) in [6, 6.07) is 0.182. The molecule has 2 N–H and O–H groups in total. The lowest BCUT2D eigenvalue weighted by Gasteiger charge is -2.09. The Labute approximate surface area is 81.4 Å². The maximum absolute atomic E-state index is 8.87. The number of aromatic amines is 1. The first kappa shape index (κ1) is 8.96. The normalized spacial score (nSPS) is 13.0. The molecule has 1 unspecified atom stereocenters. The molecule has 2 aromatic rings. The molecule has 0 saturated heterocycles. The number of aromatic nitrogens is 4. The highest BCUT2D eigenvalue weighted by atomic mass is 16.3. The molecule has 2 aromatic heterocycles. The lowest BCUT2D eigenvalue weighted by molar-refractivity contribution is 0.277. The van der Waals surface area contributed by atoms with Crippen LogP contribution in [-0.4, -0.2) is 24.9 Å². The molecule has 0 aliphatic heterocycles. The molecule has 0 saturated carbocycles. The van der Waals surface area contributed by atoms with Crippen LogP contribution in [-0.2, 0) is 6.61 Å². The van der Waals surface area contributed by atoms with Crippen molar-refractivity contribution in [2.75, 3.05) is 0 Å². The second-order valence-electron chi connectivity index (χ2n) is 3.18. The third-order valence-corrected chi connectivity index (χ3v) is 2.27. The van der Waals surface area contributed by atoms with Crippen molar-refractivity contribution in [2.45, 2.75) is 19.6 Å². The molecule has 0 bridgehead atoms. The molecule has 0 aliphatic rings. The number of H-pyrrole nitrogens is 1. The highest BCUT2D eigenvalue weighted by Gasteiger charge is 2.08. The first-order valence-corrected chi connectivity index (χ1v) is 4.43. The van der Waals surface area contributed by atoms with Gasteiger partial charge in [-0.25, -0.2) is 4.98 Å². The van der Waals surface area contributed by atoms with Crippen molar-refractivity contribution < 1.29 is 5.11 Å². The summed E-state index contributed by atoms with van der Waals surface area (Å²) in [6.07, 6.45) is 7.17. The van der Waals surface area contributed by atoms with Gasteiger partial charge in [-0.3, -0.25) is 5.10 Å². The van der Waals surface area contributed by atoms with Gasteiger partial charge in [-0.1, -0.05) is 0 Å². The highest BCUT2D eigenvalue weighted by Crippen LogP contribution is 2.15. The number of imidazole rings is 1. The third-order valence-electron chi connectivity index (χ3n) is 2.27. The van der Waals surface area contributed by atoms with E-state index in [-0.39, 0.29) is 12.6 Å². The van der Waals surface area contributed by atoms with Gasteiger partial charge in [-0.05, 0) is 6.92 Å². The van der Waals surface area contributed by atoms with Crippen LogP contribution in [0, 0.1) is 0 Å². The number of rotatable bonds is 3. The monoisotopic (exact) mass is 192 g/mol. The second-order valence-corrected chi connectivity index (χ2v) is 3.18. The lowest BCUT2D eigenvalue weighted by atomic mass is 10.2. The Hall–Kier alpha value is -1.62. The van der Waals surface area contributed by atoms with Gasteiger partial charge in [-0.15, -0.1) is 0 Å². The molecule has 0 radical (unpaired) electrons. The number of nitrogens with zero attached hydrogens (tertiary/aromatic N) is 3. The fourth-order valence-electron chi connectivity index (χ4n) is 1.33. The van der Waals surface area contributed by atoms with Gasteiger partial charge >= 0.3 is 0 Å². The Kier molecular flexibility index (Phi) is 2.32. The van der Waals surface area contributed by atoms with Crippen molar-refractivity contribution in [3.05, 3.63) is 36.2 Å². The van der Waals surface area contributed by atoms with Crippen LogP contribution in [0.2, 0.25) is 0 Å². The summed E-state index contributed by atoms with van der Waals surface area (Å²) in [4.78, 5) is 4.05. The highest BCUT2D eigenvalue weighted by molar-refractivity contribution is 5.11. The molecule has 5 heteroatoms. The Morgan fingerprint density at radius 3 is 3.07 bits per heavy atom. The van der Waals surface area contributed by atoms with E-state index in [2.05, 4.69) is 15.2 Å². The zero-order chi connectivity index (χ0) is 9.97. The molecule has 5 nitrogen and oxygen atoms in total. The number of hydrogen-bond donors (Lipinski definition) is 2. The largest absolute Gasteiger partial charge is 0.390 e. The summed E-state index contributed by atoms with van der Waals surface area (Å²) < 4.78 is 1.94. The van der Waals surface area contributed by atoms with E-state index in [1.165, 1.54) is 0 Å². The first-order chi connectivity index (χ1) is 6.81. The molecule has 0 spiro atoms. The average molecular weight is 192 g/mol. The summed E-state index contributed by atoms with van der Waals surface area (Å²) in [7, 11) is 0. The minimum absolute atomic E-state index is 0.0227. The van der Waals surface area contributed by atoms with Gasteiger partial charge in [0.25, 0.3) is 0 Å². The van der Waals surface area contributed by atoms with Gasteiger partial charge in [0.2, 0.25) is 0 Å². The minimum Gasteiger partial charge on any atom is -0.390 e. The van der Waals surface area contributed by atoms with Crippen LogP contribution in [0.25, 0.3) is 0 Å². The van der Waals surface area contributed by atoms with E-state index in [0.29, 0.717) is 5.69 Å². The van der Waals surface area contributed by atoms with E-state index >= 15 is 0 Å². The summed E-state index contributed by atoms with van der Waals surface area (Å²) >= 11 is 0. The third kappa shape index (κ3) is 1.54. The van der Waals surface area contributed by atoms with E-state index in [0.717, 1.165) is 5.56 Å². The molecule has 14 heavy (non-hydrogen) atoms. The number of aliphatic hydroxyl groups excluding tert-OH is 1. The van der Waals surface area contributed by atoms with E-state index < -0.39 is 0 Å². The molecule has 1 atom stereocenters.